The summed E-state index contributed by atoms with van der Waals surface area (Å²) in [5.41, 5.74) is 0. The van der Waals surface area contributed by atoms with Crippen LogP contribution in [0, 0.1) is 25.7 Å². The van der Waals surface area contributed by atoms with Crippen molar-refractivity contribution in [2.75, 3.05) is 0 Å². The zero-order valence-corrected chi connectivity index (χ0v) is 8.35. The standard InChI is InChI=1S/C7H12.Ta/c1-6-4-3-5-7(6)2;/h6-7H,1-5H2;/q-2;+2. The van der Waals surface area contributed by atoms with Gasteiger partial charge in [-0.15, -0.1) is 0 Å². The molecule has 0 aromatic rings. The number of hydrogen-bond donors (Lipinski definition) is 0. The summed E-state index contributed by atoms with van der Waals surface area (Å²) >= 11 is 0. The van der Waals surface area contributed by atoms with Crippen LogP contribution < -0.4 is 0 Å². The van der Waals surface area contributed by atoms with Gasteiger partial charge in [-0.1, -0.05) is 19.3 Å². The van der Waals surface area contributed by atoms with E-state index < -0.39 is 0 Å². The van der Waals surface area contributed by atoms with Crippen molar-refractivity contribution in [2.24, 2.45) is 11.8 Å². The first-order chi connectivity index (χ1) is 3.30. The third-order valence-electron chi connectivity index (χ3n) is 1.82. The van der Waals surface area contributed by atoms with Gasteiger partial charge in [0.1, 0.15) is 0 Å². The quantitative estimate of drug-likeness (QED) is 0.595. The molecule has 0 heterocycles. The normalized spacial score (nSPS) is 36.8. The molecule has 1 aliphatic carbocycles. The second-order valence-corrected chi connectivity index (χ2v) is 2.45. The third-order valence-corrected chi connectivity index (χ3v) is 1.82. The minimum Gasteiger partial charge on any atom is -0.342 e. The molecule has 0 bridgehead atoms. The van der Waals surface area contributed by atoms with E-state index in [0.29, 0.717) is 11.8 Å². The van der Waals surface area contributed by atoms with Crippen LogP contribution in [0.5, 0.6) is 0 Å². The third kappa shape index (κ3) is 1.93. The molecule has 8 heavy (non-hydrogen) atoms. The van der Waals surface area contributed by atoms with E-state index >= 15 is 0 Å². The van der Waals surface area contributed by atoms with Crippen molar-refractivity contribution >= 4 is 0 Å². The molecule has 1 rings (SSSR count). The minimum atomic E-state index is 0. The van der Waals surface area contributed by atoms with Crippen molar-refractivity contribution in [1.29, 1.82) is 0 Å². The van der Waals surface area contributed by atoms with Crippen LogP contribution in [0.4, 0.5) is 0 Å². The van der Waals surface area contributed by atoms with Crippen LogP contribution in [-0.4, -0.2) is 0 Å². The van der Waals surface area contributed by atoms with Gasteiger partial charge in [0.2, 0.25) is 0 Å². The Morgan fingerprint density at radius 1 is 1.00 bits per heavy atom. The zero-order valence-electron chi connectivity index (χ0n) is 5.14. The first-order valence-corrected chi connectivity index (χ1v) is 2.97. The van der Waals surface area contributed by atoms with Crippen LogP contribution in [0.2, 0.25) is 0 Å². The van der Waals surface area contributed by atoms with Gasteiger partial charge < -0.3 is 13.8 Å². The molecule has 2 atom stereocenters. The summed E-state index contributed by atoms with van der Waals surface area (Å²) in [6.07, 6.45) is 3.95. The molecule has 1 fully saturated rings. The van der Waals surface area contributed by atoms with Gasteiger partial charge in [-0.25, -0.2) is 0 Å². The molecule has 0 aliphatic heterocycles. The van der Waals surface area contributed by atoms with Crippen LogP contribution in [0.1, 0.15) is 19.3 Å². The number of rotatable bonds is 0. The van der Waals surface area contributed by atoms with Gasteiger partial charge in [0.05, 0.1) is 0 Å². The monoisotopic (exact) mass is 277 g/mol. The second-order valence-electron chi connectivity index (χ2n) is 2.45. The average molecular weight is 277 g/mol. The first-order valence-electron chi connectivity index (χ1n) is 2.97. The summed E-state index contributed by atoms with van der Waals surface area (Å²) in [5.74, 6) is 1.31. The van der Waals surface area contributed by atoms with E-state index in [4.69, 9.17) is 0 Å². The second kappa shape index (κ2) is 3.71. The summed E-state index contributed by atoms with van der Waals surface area (Å²) in [6, 6.07) is 0. The van der Waals surface area contributed by atoms with E-state index in [2.05, 4.69) is 13.8 Å². The Kier molecular flexibility index (Phi) is 4.05. The van der Waals surface area contributed by atoms with E-state index in [1.54, 1.807) is 0 Å². The molecule has 0 amide bonds. The summed E-state index contributed by atoms with van der Waals surface area (Å²) < 4.78 is 0. The van der Waals surface area contributed by atoms with E-state index in [0.717, 1.165) is 0 Å². The van der Waals surface area contributed by atoms with Crippen LogP contribution in [0.3, 0.4) is 0 Å². The van der Waals surface area contributed by atoms with Gasteiger partial charge in [0.15, 0.2) is 0 Å². The van der Waals surface area contributed by atoms with Gasteiger partial charge in [-0.05, 0) is 0 Å². The SMILES string of the molecule is [CH2-]C1CCCC1[CH2-].[Ta+2]. The maximum atomic E-state index is 3.96. The summed E-state index contributed by atoms with van der Waals surface area (Å²) in [6.45, 7) is 7.91. The minimum absolute atomic E-state index is 0. The van der Waals surface area contributed by atoms with Crippen LogP contribution in [0.15, 0.2) is 0 Å². The summed E-state index contributed by atoms with van der Waals surface area (Å²) in [7, 11) is 0. The molecule has 1 aliphatic rings. The molecule has 0 nitrogen and oxygen atoms in total. The first kappa shape index (κ1) is 8.74. The van der Waals surface area contributed by atoms with Gasteiger partial charge in [0.25, 0.3) is 0 Å². The van der Waals surface area contributed by atoms with E-state index in [9.17, 15) is 0 Å². The molecule has 1 radical (unpaired) electrons. The molecule has 0 aromatic carbocycles. The predicted octanol–water partition coefficient (Wildman–Crippen LogP) is 2.07. The van der Waals surface area contributed by atoms with Crippen LogP contribution in [0.25, 0.3) is 0 Å². The topological polar surface area (TPSA) is 0 Å². The van der Waals surface area contributed by atoms with Crippen molar-refractivity contribution < 1.29 is 22.4 Å². The average Bonchev–Trinajstić information content (AvgIpc) is 1.91. The molecular weight excluding hydrogens is 265 g/mol. The van der Waals surface area contributed by atoms with Crippen molar-refractivity contribution in [3.05, 3.63) is 13.8 Å². The molecule has 0 aromatic heterocycles. The molecule has 45 valence electrons. The fourth-order valence-electron chi connectivity index (χ4n) is 1.11. The Bertz CT molecular complexity index is 53.4. The molecule has 0 saturated heterocycles. The molecule has 0 N–H and O–H groups in total. The van der Waals surface area contributed by atoms with E-state index in [-0.39, 0.29) is 22.4 Å². The Hall–Kier alpha value is 0.740. The van der Waals surface area contributed by atoms with Crippen LogP contribution >= 0.6 is 0 Å². The maximum absolute atomic E-state index is 3.96. The van der Waals surface area contributed by atoms with Crippen molar-refractivity contribution in [3.63, 3.8) is 0 Å². The van der Waals surface area contributed by atoms with Crippen molar-refractivity contribution in [1.82, 2.24) is 0 Å². The van der Waals surface area contributed by atoms with Gasteiger partial charge in [-0.3, -0.25) is 0 Å². The van der Waals surface area contributed by atoms with Gasteiger partial charge in [0, 0.05) is 0 Å². The fraction of sp³-hybridized carbons (Fsp3) is 0.714. The van der Waals surface area contributed by atoms with Gasteiger partial charge >= 0.3 is 22.4 Å². The largest absolute Gasteiger partial charge is 2.00 e. The molecule has 1 heteroatoms. The molecule has 0 spiro atoms. The smallest absolute Gasteiger partial charge is 0.342 e. The van der Waals surface area contributed by atoms with Crippen molar-refractivity contribution in [2.45, 2.75) is 19.3 Å². The summed E-state index contributed by atoms with van der Waals surface area (Å²) in [4.78, 5) is 0. The zero-order chi connectivity index (χ0) is 5.28. The molecule has 2 unspecified atom stereocenters. The Labute approximate surface area is 67.6 Å². The predicted molar refractivity (Wildman–Crippen MR) is 31.5 cm³/mol. The Balaban J connectivity index is 0.000000490. The van der Waals surface area contributed by atoms with E-state index in [1.807, 2.05) is 0 Å². The molecular formula is C7H12Ta. The Morgan fingerprint density at radius 3 is 1.50 bits per heavy atom. The fourth-order valence-corrected chi connectivity index (χ4v) is 1.11. The maximum Gasteiger partial charge on any atom is 2.00 e. The van der Waals surface area contributed by atoms with E-state index in [1.165, 1.54) is 19.3 Å². The Morgan fingerprint density at radius 2 is 1.38 bits per heavy atom. The van der Waals surface area contributed by atoms with Crippen LogP contribution in [-0.2, 0) is 22.4 Å². The number of hydrogen-bond acceptors (Lipinski definition) is 0. The van der Waals surface area contributed by atoms with Crippen molar-refractivity contribution in [3.8, 4) is 0 Å². The van der Waals surface area contributed by atoms with Gasteiger partial charge in [-0.2, -0.15) is 11.8 Å². The molecule has 1 saturated carbocycles. The summed E-state index contributed by atoms with van der Waals surface area (Å²) in [5, 5.41) is 0.